The Bertz CT molecular complexity index is 543. The molecule has 19 heavy (non-hydrogen) atoms. The maximum absolute atomic E-state index is 12.1. The topological polar surface area (TPSA) is 101 Å². The zero-order valence-electron chi connectivity index (χ0n) is 11.2. The Hall–Kier alpha value is -2.25. The van der Waals surface area contributed by atoms with Gasteiger partial charge in [-0.15, -0.1) is 10.2 Å². The van der Waals surface area contributed by atoms with Crippen molar-refractivity contribution in [2.75, 3.05) is 0 Å². The number of aryl methyl sites for hydroxylation is 1. The van der Waals surface area contributed by atoms with E-state index in [1.807, 2.05) is 26.8 Å². The van der Waals surface area contributed by atoms with Crippen molar-refractivity contribution in [3.05, 3.63) is 23.3 Å². The Morgan fingerprint density at radius 1 is 1.53 bits per heavy atom. The van der Waals surface area contributed by atoms with Crippen molar-refractivity contribution >= 4 is 5.91 Å². The second-order valence-electron chi connectivity index (χ2n) is 4.44. The molecule has 2 heterocycles. The number of nitrogens with one attached hydrogen (secondary N) is 2. The van der Waals surface area contributed by atoms with Gasteiger partial charge < -0.3 is 5.32 Å². The van der Waals surface area contributed by atoms with E-state index in [9.17, 15) is 4.79 Å². The van der Waals surface area contributed by atoms with Gasteiger partial charge in [-0.1, -0.05) is 19.1 Å². The molecule has 2 rings (SSSR count). The molecule has 0 aliphatic heterocycles. The molecular formula is C11H17N7O. The summed E-state index contributed by atoms with van der Waals surface area (Å²) in [6.07, 6.45) is 0. The average Bonchev–Trinajstić information content (AvgIpc) is 3.04. The van der Waals surface area contributed by atoms with Gasteiger partial charge in [-0.05, 0) is 18.9 Å². The van der Waals surface area contributed by atoms with Gasteiger partial charge in [-0.25, -0.2) is 0 Å². The van der Waals surface area contributed by atoms with Crippen LogP contribution in [0, 0.1) is 0 Å². The largest absolute Gasteiger partial charge is 0.343 e. The Morgan fingerprint density at radius 3 is 2.89 bits per heavy atom. The molecule has 2 aromatic rings. The zero-order chi connectivity index (χ0) is 13.8. The number of amides is 1. The van der Waals surface area contributed by atoms with Gasteiger partial charge in [0.05, 0.1) is 12.2 Å². The highest BCUT2D eigenvalue weighted by molar-refractivity contribution is 5.92. The van der Waals surface area contributed by atoms with E-state index in [4.69, 9.17) is 0 Å². The summed E-state index contributed by atoms with van der Waals surface area (Å²) in [5, 5.41) is 20.5. The highest BCUT2D eigenvalue weighted by atomic mass is 16.2. The second-order valence-corrected chi connectivity index (χ2v) is 4.44. The van der Waals surface area contributed by atoms with Crippen molar-refractivity contribution in [1.82, 2.24) is 35.7 Å². The van der Waals surface area contributed by atoms with Gasteiger partial charge >= 0.3 is 0 Å². The molecule has 0 aliphatic carbocycles. The lowest BCUT2D eigenvalue weighted by Gasteiger charge is -2.04. The van der Waals surface area contributed by atoms with Crippen LogP contribution in [-0.4, -0.2) is 36.3 Å². The molecule has 8 heteroatoms. The first-order valence-corrected chi connectivity index (χ1v) is 6.20. The van der Waals surface area contributed by atoms with Crippen molar-refractivity contribution in [2.45, 2.75) is 39.8 Å². The number of carbonyl (C=O) groups excluding carboxylic acids is 1. The minimum Gasteiger partial charge on any atom is -0.343 e. The number of tetrazole rings is 1. The SMILES string of the molecule is CCn1nc(C(C)C)cc1C(=O)NCc1nn[nH]n1. The summed E-state index contributed by atoms with van der Waals surface area (Å²) in [5.41, 5.74) is 1.46. The fraction of sp³-hybridized carbons (Fsp3) is 0.545. The maximum Gasteiger partial charge on any atom is 0.269 e. The smallest absolute Gasteiger partial charge is 0.269 e. The number of carbonyl (C=O) groups is 1. The molecular weight excluding hydrogens is 246 g/mol. The summed E-state index contributed by atoms with van der Waals surface area (Å²) >= 11 is 0. The molecule has 0 radical (unpaired) electrons. The normalized spacial score (nSPS) is 10.9. The lowest BCUT2D eigenvalue weighted by molar-refractivity contribution is 0.0939. The van der Waals surface area contributed by atoms with Gasteiger partial charge in [0.1, 0.15) is 5.69 Å². The third-order valence-electron chi connectivity index (χ3n) is 2.72. The highest BCUT2D eigenvalue weighted by Gasteiger charge is 2.16. The molecule has 0 aliphatic rings. The quantitative estimate of drug-likeness (QED) is 0.816. The van der Waals surface area contributed by atoms with Gasteiger partial charge in [0, 0.05) is 6.54 Å². The first kappa shape index (κ1) is 13.2. The lowest BCUT2D eigenvalue weighted by Crippen LogP contribution is -2.26. The predicted octanol–water partition coefficient (Wildman–Crippen LogP) is 0.469. The number of aromatic amines is 1. The Balaban J connectivity index is 2.09. The van der Waals surface area contributed by atoms with Crippen LogP contribution in [0.15, 0.2) is 6.07 Å². The molecule has 1 amide bonds. The van der Waals surface area contributed by atoms with Crippen molar-refractivity contribution < 1.29 is 4.79 Å². The van der Waals surface area contributed by atoms with Gasteiger partial charge in [0.2, 0.25) is 0 Å². The molecule has 0 bridgehead atoms. The first-order chi connectivity index (χ1) is 9.11. The molecule has 8 nitrogen and oxygen atoms in total. The summed E-state index contributed by atoms with van der Waals surface area (Å²) in [5.74, 6) is 0.544. The van der Waals surface area contributed by atoms with E-state index in [1.54, 1.807) is 4.68 Å². The van der Waals surface area contributed by atoms with Crippen LogP contribution in [0.25, 0.3) is 0 Å². The fourth-order valence-corrected chi connectivity index (χ4v) is 1.65. The van der Waals surface area contributed by atoms with E-state index < -0.39 is 0 Å². The number of H-pyrrole nitrogens is 1. The molecule has 2 N–H and O–H groups in total. The van der Waals surface area contributed by atoms with Crippen LogP contribution >= 0.6 is 0 Å². The van der Waals surface area contributed by atoms with E-state index in [2.05, 4.69) is 31.0 Å². The van der Waals surface area contributed by atoms with Crippen molar-refractivity contribution in [3.63, 3.8) is 0 Å². The number of rotatable bonds is 5. The standard InChI is InChI=1S/C11H17N7O/c1-4-18-9(5-8(15-18)7(2)3)11(19)12-6-10-13-16-17-14-10/h5,7H,4,6H2,1-3H3,(H,12,19)(H,13,14,16,17). The Labute approximate surface area is 110 Å². The van der Waals surface area contributed by atoms with Gasteiger partial charge in [0.25, 0.3) is 5.91 Å². The molecule has 0 atom stereocenters. The Morgan fingerprint density at radius 2 is 2.32 bits per heavy atom. The van der Waals surface area contributed by atoms with Crippen LogP contribution in [0.2, 0.25) is 0 Å². The minimum atomic E-state index is -0.189. The van der Waals surface area contributed by atoms with Crippen LogP contribution in [-0.2, 0) is 13.1 Å². The lowest BCUT2D eigenvalue weighted by atomic mass is 10.1. The van der Waals surface area contributed by atoms with E-state index in [0.29, 0.717) is 18.1 Å². The van der Waals surface area contributed by atoms with Crippen LogP contribution in [0.4, 0.5) is 0 Å². The Kier molecular flexibility index (Phi) is 3.88. The number of aromatic nitrogens is 6. The predicted molar refractivity (Wildman–Crippen MR) is 67.3 cm³/mol. The molecule has 0 spiro atoms. The number of nitrogens with zero attached hydrogens (tertiary/aromatic N) is 5. The van der Waals surface area contributed by atoms with E-state index in [1.165, 1.54) is 0 Å². The summed E-state index contributed by atoms with van der Waals surface area (Å²) in [6, 6.07) is 1.82. The summed E-state index contributed by atoms with van der Waals surface area (Å²) in [6.45, 7) is 6.93. The molecule has 0 aromatic carbocycles. The molecule has 0 saturated heterocycles. The molecule has 2 aromatic heterocycles. The van der Waals surface area contributed by atoms with Crippen molar-refractivity contribution in [2.24, 2.45) is 0 Å². The second kappa shape index (κ2) is 5.59. The molecule has 102 valence electrons. The highest BCUT2D eigenvalue weighted by Crippen LogP contribution is 2.14. The summed E-state index contributed by atoms with van der Waals surface area (Å²) in [7, 11) is 0. The first-order valence-electron chi connectivity index (χ1n) is 6.20. The minimum absolute atomic E-state index is 0.189. The van der Waals surface area contributed by atoms with Gasteiger partial charge in [0.15, 0.2) is 5.82 Å². The molecule has 0 unspecified atom stereocenters. The molecule has 0 fully saturated rings. The third kappa shape index (κ3) is 2.95. The summed E-state index contributed by atoms with van der Waals surface area (Å²) in [4.78, 5) is 12.1. The van der Waals surface area contributed by atoms with Crippen LogP contribution in [0.1, 0.15) is 48.7 Å². The van der Waals surface area contributed by atoms with Crippen LogP contribution in [0.5, 0.6) is 0 Å². The average molecular weight is 263 g/mol. The number of hydrogen-bond donors (Lipinski definition) is 2. The van der Waals surface area contributed by atoms with Crippen molar-refractivity contribution in [1.29, 1.82) is 0 Å². The van der Waals surface area contributed by atoms with Crippen LogP contribution < -0.4 is 5.32 Å². The van der Waals surface area contributed by atoms with Gasteiger partial charge in [-0.2, -0.15) is 10.3 Å². The van der Waals surface area contributed by atoms with Crippen molar-refractivity contribution in [3.8, 4) is 0 Å². The van der Waals surface area contributed by atoms with E-state index >= 15 is 0 Å². The van der Waals surface area contributed by atoms with E-state index in [-0.39, 0.29) is 18.4 Å². The maximum atomic E-state index is 12.1. The van der Waals surface area contributed by atoms with Gasteiger partial charge in [-0.3, -0.25) is 9.48 Å². The molecule has 0 saturated carbocycles. The third-order valence-corrected chi connectivity index (χ3v) is 2.72. The zero-order valence-corrected chi connectivity index (χ0v) is 11.2. The van der Waals surface area contributed by atoms with Crippen LogP contribution in [0.3, 0.4) is 0 Å². The summed E-state index contributed by atoms with van der Waals surface area (Å²) < 4.78 is 1.70. The monoisotopic (exact) mass is 263 g/mol. The number of hydrogen-bond acceptors (Lipinski definition) is 5. The fourth-order valence-electron chi connectivity index (χ4n) is 1.65. The van der Waals surface area contributed by atoms with E-state index in [0.717, 1.165) is 5.69 Å².